The van der Waals surface area contributed by atoms with Crippen LogP contribution in [-0.2, 0) is 9.53 Å². The molecule has 0 aliphatic heterocycles. The lowest BCUT2D eigenvalue weighted by Gasteiger charge is -2.19. The number of methoxy groups -OCH3 is 1. The van der Waals surface area contributed by atoms with E-state index in [2.05, 4.69) is 10.1 Å². The Morgan fingerprint density at radius 3 is 2.58 bits per heavy atom. The Balaban J connectivity index is 3.03. The van der Waals surface area contributed by atoms with Gasteiger partial charge in [-0.3, -0.25) is 5.32 Å². The van der Waals surface area contributed by atoms with Crippen LogP contribution in [0.5, 0.6) is 0 Å². The van der Waals surface area contributed by atoms with Gasteiger partial charge in [0.2, 0.25) is 0 Å². The minimum atomic E-state index is -4.46. The van der Waals surface area contributed by atoms with Crippen molar-refractivity contribution in [2.24, 2.45) is 0 Å². The van der Waals surface area contributed by atoms with Gasteiger partial charge in [0.1, 0.15) is 6.04 Å². The predicted molar refractivity (Wildman–Crippen MR) is 65.3 cm³/mol. The summed E-state index contributed by atoms with van der Waals surface area (Å²) in [6, 6.07) is 3.01. The number of rotatable bonds is 4. The van der Waals surface area contributed by atoms with E-state index in [-0.39, 0.29) is 15.6 Å². The number of alkyl halides is 3. The average molecular weight is 316 g/mol. The first-order valence-corrected chi connectivity index (χ1v) is 5.83. The van der Waals surface area contributed by atoms with Crippen LogP contribution in [0.25, 0.3) is 0 Å². The largest absolute Gasteiger partial charge is 0.468 e. The van der Waals surface area contributed by atoms with Gasteiger partial charge in [-0.1, -0.05) is 35.3 Å². The third-order valence-corrected chi connectivity index (χ3v) is 3.07. The molecule has 0 spiro atoms. The van der Waals surface area contributed by atoms with Crippen LogP contribution in [0.3, 0.4) is 0 Å². The maximum Gasteiger partial charge on any atom is 0.401 e. The molecule has 0 aliphatic carbocycles. The lowest BCUT2D eigenvalue weighted by atomic mass is 10.1. The highest BCUT2D eigenvalue weighted by Gasteiger charge is 2.32. The Hall–Kier alpha value is -0.980. The zero-order valence-electron chi connectivity index (χ0n) is 9.72. The zero-order valence-corrected chi connectivity index (χ0v) is 11.2. The molecule has 0 heterocycles. The van der Waals surface area contributed by atoms with Crippen molar-refractivity contribution in [1.82, 2.24) is 5.32 Å². The topological polar surface area (TPSA) is 38.3 Å². The van der Waals surface area contributed by atoms with E-state index in [0.29, 0.717) is 0 Å². The Labute approximate surface area is 117 Å². The summed E-state index contributed by atoms with van der Waals surface area (Å²) in [5.41, 5.74) is 0.130. The van der Waals surface area contributed by atoms with Crippen molar-refractivity contribution in [2.75, 3.05) is 13.7 Å². The maximum absolute atomic E-state index is 12.2. The quantitative estimate of drug-likeness (QED) is 0.866. The number of esters is 1. The number of carbonyl (C=O) groups is 1. The number of hydrogen-bond donors (Lipinski definition) is 1. The van der Waals surface area contributed by atoms with E-state index >= 15 is 0 Å². The lowest BCUT2D eigenvalue weighted by molar-refractivity contribution is -0.146. The van der Waals surface area contributed by atoms with Crippen molar-refractivity contribution in [3.8, 4) is 0 Å². The van der Waals surface area contributed by atoms with E-state index < -0.39 is 24.7 Å². The highest BCUT2D eigenvalue weighted by atomic mass is 35.5. The second-order valence-electron chi connectivity index (χ2n) is 3.60. The third-order valence-electron chi connectivity index (χ3n) is 2.24. The van der Waals surface area contributed by atoms with E-state index in [4.69, 9.17) is 23.2 Å². The third kappa shape index (κ3) is 4.56. The fraction of sp³-hybridized carbons (Fsp3) is 0.364. The molecule has 0 fully saturated rings. The molecule has 1 N–H and O–H groups in total. The van der Waals surface area contributed by atoms with Crippen LogP contribution in [0.4, 0.5) is 13.2 Å². The number of nitrogens with one attached hydrogen (secondary N) is 1. The number of hydrogen-bond acceptors (Lipinski definition) is 3. The van der Waals surface area contributed by atoms with Crippen molar-refractivity contribution < 1.29 is 22.7 Å². The molecule has 0 bridgehead atoms. The lowest BCUT2D eigenvalue weighted by Crippen LogP contribution is -2.36. The van der Waals surface area contributed by atoms with Crippen molar-refractivity contribution in [3.63, 3.8) is 0 Å². The van der Waals surface area contributed by atoms with E-state index in [1.807, 2.05) is 0 Å². The summed E-state index contributed by atoms with van der Waals surface area (Å²) in [6.07, 6.45) is -4.46. The normalized spacial score (nSPS) is 13.2. The molecule has 0 aromatic heterocycles. The van der Waals surface area contributed by atoms with Gasteiger partial charge < -0.3 is 4.74 Å². The van der Waals surface area contributed by atoms with E-state index in [1.165, 1.54) is 18.2 Å². The molecule has 0 radical (unpaired) electrons. The summed E-state index contributed by atoms with van der Waals surface area (Å²) in [7, 11) is 1.07. The minimum absolute atomic E-state index is 0.00856. The Kier molecular flexibility index (Phi) is 5.46. The highest BCUT2D eigenvalue weighted by molar-refractivity contribution is 6.42. The van der Waals surface area contributed by atoms with Crippen molar-refractivity contribution in [2.45, 2.75) is 12.2 Å². The molecule has 0 saturated heterocycles. The Morgan fingerprint density at radius 1 is 1.42 bits per heavy atom. The molecule has 19 heavy (non-hydrogen) atoms. The second-order valence-corrected chi connectivity index (χ2v) is 4.38. The molecule has 0 saturated carbocycles. The summed E-state index contributed by atoms with van der Waals surface area (Å²) in [5, 5.41) is 2.20. The first-order valence-electron chi connectivity index (χ1n) is 5.08. The SMILES string of the molecule is COC(=O)C(NCC(F)(F)F)c1cccc(Cl)c1Cl. The molecule has 0 aliphatic rings. The fourth-order valence-corrected chi connectivity index (χ4v) is 1.82. The molecule has 1 atom stereocenters. The molecule has 1 unspecified atom stereocenters. The monoisotopic (exact) mass is 315 g/mol. The Bertz CT molecular complexity index is 466. The smallest absolute Gasteiger partial charge is 0.401 e. The van der Waals surface area contributed by atoms with Gasteiger partial charge in [-0.2, -0.15) is 13.2 Å². The van der Waals surface area contributed by atoms with Crippen LogP contribution >= 0.6 is 23.2 Å². The zero-order chi connectivity index (χ0) is 14.6. The van der Waals surface area contributed by atoms with E-state index in [1.54, 1.807) is 0 Å². The van der Waals surface area contributed by atoms with Crippen LogP contribution in [0.2, 0.25) is 10.0 Å². The molecule has 0 amide bonds. The van der Waals surface area contributed by atoms with Gasteiger partial charge in [0, 0.05) is 5.56 Å². The number of benzene rings is 1. The van der Waals surface area contributed by atoms with Gasteiger partial charge in [-0.05, 0) is 6.07 Å². The second kappa shape index (κ2) is 6.45. The van der Waals surface area contributed by atoms with Crippen LogP contribution in [0.15, 0.2) is 18.2 Å². The minimum Gasteiger partial charge on any atom is -0.468 e. The maximum atomic E-state index is 12.2. The van der Waals surface area contributed by atoms with Gasteiger partial charge in [0.15, 0.2) is 0 Å². The summed E-state index contributed by atoms with van der Waals surface area (Å²) in [4.78, 5) is 11.5. The van der Waals surface area contributed by atoms with Crippen molar-refractivity contribution >= 4 is 29.2 Å². The number of carbonyl (C=O) groups excluding carboxylic acids is 1. The molecular weight excluding hydrogens is 306 g/mol. The molecule has 1 aromatic rings. The van der Waals surface area contributed by atoms with Gasteiger partial charge >= 0.3 is 12.1 Å². The number of halogens is 5. The van der Waals surface area contributed by atoms with Crippen LogP contribution in [0, 0.1) is 0 Å². The summed E-state index contributed by atoms with van der Waals surface area (Å²) in [6.45, 7) is -1.35. The average Bonchev–Trinajstić information content (AvgIpc) is 2.32. The van der Waals surface area contributed by atoms with Crippen LogP contribution < -0.4 is 5.32 Å². The van der Waals surface area contributed by atoms with Gasteiger partial charge in [-0.15, -0.1) is 0 Å². The van der Waals surface area contributed by atoms with Crippen molar-refractivity contribution in [1.29, 1.82) is 0 Å². The molecule has 3 nitrogen and oxygen atoms in total. The molecule has 8 heteroatoms. The molecule has 1 aromatic carbocycles. The molecule has 106 valence electrons. The van der Waals surface area contributed by atoms with Gasteiger partial charge in [-0.25, -0.2) is 4.79 Å². The molecule has 1 rings (SSSR count). The summed E-state index contributed by atoms with van der Waals surface area (Å²) >= 11 is 11.6. The van der Waals surface area contributed by atoms with Crippen molar-refractivity contribution in [3.05, 3.63) is 33.8 Å². The van der Waals surface area contributed by atoms with Gasteiger partial charge in [0.25, 0.3) is 0 Å². The van der Waals surface area contributed by atoms with E-state index in [9.17, 15) is 18.0 Å². The first kappa shape index (κ1) is 16.1. The Morgan fingerprint density at radius 2 is 2.05 bits per heavy atom. The van der Waals surface area contributed by atoms with Crippen LogP contribution in [-0.4, -0.2) is 25.8 Å². The predicted octanol–water partition coefficient (Wildman–Crippen LogP) is 3.36. The summed E-state index contributed by atoms with van der Waals surface area (Å²) < 4.78 is 41.1. The number of ether oxygens (including phenoxy) is 1. The standard InChI is InChI=1S/C11H10Cl2F3NO2/c1-19-10(18)9(17-5-11(14,15)16)6-3-2-4-7(12)8(6)13/h2-4,9,17H,5H2,1H3. The fourth-order valence-electron chi connectivity index (χ4n) is 1.40. The van der Waals surface area contributed by atoms with Gasteiger partial charge in [0.05, 0.1) is 23.7 Å². The molecular formula is C11H10Cl2F3NO2. The highest BCUT2D eigenvalue weighted by Crippen LogP contribution is 2.31. The summed E-state index contributed by atoms with van der Waals surface area (Å²) in [5.74, 6) is -0.881. The van der Waals surface area contributed by atoms with E-state index in [0.717, 1.165) is 7.11 Å². The van der Waals surface area contributed by atoms with Crippen LogP contribution in [0.1, 0.15) is 11.6 Å². The first-order chi connectivity index (χ1) is 8.76.